The van der Waals surface area contributed by atoms with Gasteiger partial charge in [0.1, 0.15) is 5.75 Å². The van der Waals surface area contributed by atoms with Crippen LogP contribution >= 0.6 is 0 Å². The molecule has 0 saturated carbocycles. The van der Waals surface area contributed by atoms with Crippen LogP contribution in [0, 0.1) is 13.8 Å². The molecule has 1 saturated heterocycles. The lowest BCUT2D eigenvalue weighted by Gasteiger charge is -2.19. The Balaban J connectivity index is 1.84. The summed E-state index contributed by atoms with van der Waals surface area (Å²) < 4.78 is 5.46. The van der Waals surface area contributed by atoms with Crippen molar-refractivity contribution in [2.45, 2.75) is 46.5 Å². The number of benzene rings is 2. The van der Waals surface area contributed by atoms with Crippen LogP contribution in [0.5, 0.6) is 5.75 Å². The number of nitrogens with zero attached hydrogens (tertiary/aromatic N) is 1. The number of carbonyl (C=O) groups excluding carboxylic acids is 2. The zero-order valence-corrected chi connectivity index (χ0v) is 17.3. The maximum Gasteiger partial charge on any atom is 0.255 e. The Bertz CT molecular complexity index is 918. The van der Waals surface area contributed by atoms with E-state index in [0.717, 1.165) is 46.8 Å². The Morgan fingerprint density at radius 3 is 2.46 bits per heavy atom. The molecule has 0 aliphatic carbocycles. The molecule has 0 aromatic heterocycles. The Morgan fingerprint density at radius 2 is 1.89 bits per heavy atom. The summed E-state index contributed by atoms with van der Waals surface area (Å²) in [5.74, 6) is 1.07. The first-order valence-electron chi connectivity index (χ1n) is 9.72. The van der Waals surface area contributed by atoms with Gasteiger partial charge >= 0.3 is 0 Å². The summed E-state index contributed by atoms with van der Waals surface area (Å²) in [7, 11) is 1.65. The van der Waals surface area contributed by atoms with Gasteiger partial charge in [-0.15, -0.1) is 0 Å². The molecule has 0 unspecified atom stereocenters. The normalized spacial score (nSPS) is 13.9. The largest absolute Gasteiger partial charge is 0.496 e. The van der Waals surface area contributed by atoms with Crippen LogP contribution in [-0.4, -0.2) is 25.5 Å². The zero-order chi connectivity index (χ0) is 20.4. The number of rotatable bonds is 5. The molecule has 28 heavy (non-hydrogen) atoms. The van der Waals surface area contributed by atoms with E-state index in [1.807, 2.05) is 49.1 Å². The summed E-state index contributed by atoms with van der Waals surface area (Å²) >= 11 is 0. The molecule has 5 heteroatoms. The van der Waals surface area contributed by atoms with Gasteiger partial charge in [0.15, 0.2) is 0 Å². The fraction of sp³-hybridized carbons (Fsp3) is 0.391. The smallest absolute Gasteiger partial charge is 0.255 e. The summed E-state index contributed by atoms with van der Waals surface area (Å²) in [6.07, 6.45) is 1.50. The molecule has 1 N–H and O–H groups in total. The minimum atomic E-state index is -0.147. The molecule has 2 aromatic rings. The zero-order valence-electron chi connectivity index (χ0n) is 17.3. The SMILES string of the molecule is COc1cc(C)c(C(=O)Nc2ccc(N3CCCC3=O)c(C)c2)cc1C(C)C. The van der Waals surface area contributed by atoms with Gasteiger partial charge in [0.05, 0.1) is 7.11 Å². The third-order valence-corrected chi connectivity index (χ3v) is 5.26. The maximum atomic E-state index is 12.9. The second kappa shape index (κ2) is 8.05. The van der Waals surface area contributed by atoms with Crippen LogP contribution in [0.25, 0.3) is 0 Å². The quantitative estimate of drug-likeness (QED) is 0.809. The van der Waals surface area contributed by atoms with Crippen molar-refractivity contribution in [3.63, 3.8) is 0 Å². The molecule has 5 nitrogen and oxygen atoms in total. The van der Waals surface area contributed by atoms with Crippen LogP contribution in [0.4, 0.5) is 11.4 Å². The molecule has 3 rings (SSSR count). The van der Waals surface area contributed by atoms with E-state index in [0.29, 0.717) is 12.0 Å². The highest BCUT2D eigenvalue weighted by atomic mass is 16.5. The molecule has 2 aromatic carbocycles. The van der Waals surface area contributed by atoms with Crippen molar-refractivity contribution in [3.05, 3.63) is 52.6 Å². The minimum Gasteiger partial charge on any atom is -0.496 e. The molecule has 0 spiro atoms. The maximum absolute atomic E-state index is 12.9. The van der Waals surface area contributed by atoms with Crippen molar-refractivity contribution < 1.29 is 14.3 Å². The number of hydrogen-bond donors (Lipinski definition) is 1. The highest BCUT2D eigenvalue weighted by Crippen LogP contribution is 2.31. The van der Waals surface area contributed by atoms with Crippen LogP contribution in [-0.2, 0) is 4.79 Å². The number of aryl methyl sites for hydroxylation is 2. The standard InChI is InChI=1S/C23H28N2O3/c1-14(2)18-13-19(15(3)12-21(18)28-5)23(27)24-17-8-9-20(16(4)11-17)25-10-6-7-22(25)26/h8-9,11-14H,6-7,10H2,1-5H3,(H,24,27). The first-order chi connectivity index (χ1) is 13.3. The molecule has 1 fully saturated rings. The van der Waals surface area contributed by atoms with Gasteiger partial charge in [0, 0.05) is 29.9 Å². The summed E-state index contributed by atoms with van der Waals surface area (Å²) in [6.45, 7) is 8.79. The summed E-state index contributed by atoms with van der Waals surface area (Å²) in [4.78, 5) is 26.7. The molecular weight excluding hydrogens is 352 g/mol. The van der Waals surface area contributed by atoms with Gasteiger partial charge in [0.2, 0.25) is 5.91 Å². The van der Waals surface area contributed by atoms with Gasteiger partial charge in [-0.1, -0.05) is 13.8 Å². The summed E-state index contributed by atoms with van der Waals surface area (Å²) in [6, 6.07) is 9.51. The number of anilines is 2. The molecule has 0 bridgehead atoms. The molecule has 0 radical (unpaired) electrons. The number of methoxy groups -OCH3 is 1. The fourth-order valence-corrected chi connectivity index (χ4v) is 3.71. The molecule has 1 aliphatic rings. The summed E-state index contributed by atoms with van der Waals surface area (Å²) in [5, 5.41) is 2.99. The van der Waals surface area contributed by atoms with Crippen LogP contribution in [0.1, 0.15) is 59.7 Å². The average Bonchev–Trinajstić information content (AvgIpc) is 3.06. The number of hydrogen-bond acceptors (Lipinski definition) is 3. The third kappa shape index (κ3) is 3.88. The highest BCUT2D eigenvalue weighted by molar-refractivity contribution is 6.06. The van der Waals surface area contributed by atoms with Crippen molar-refractivity contribution >= 4 is 23.2 Å². The Hall–Kier alpha value is -2.82. The van der Waals surface area contributed by atoms with E-state index in [4.69, 9.17) is 4.74 Å². The van der Waals surface area contributed by atoms with E-state index >= 15 is 0 Å². The molecule has 2 amide bonds. The molecular formula is C23H28N2O3. The number of carbonyl (C=O) groups is 2. The van der Waals surface area contributed by atoms with Gasteiger partial charge in [-0.3, -0.25) is 9.59 Å². The van der Waals surface area contributed by atoms with Crippen LogP contribution in [0.3, 0.4) is 0 Å². The third-order valence-electron chi connectivity index (χ3n) is 5.26. The van der Waals surface area contributed by atoms with E-state index in [1.165, 1.54) is 0 Å². The molecule has 1 aliphatic heterocycles. The highest BCUT2D eigenvalue weighted by Gasteiger charge is 2.23. The van der Waals surface area contributed by atoms with Gasteiger partial charge in [-0.25, -0.2) is 0 Å². The topological polar surface area (TPSA) is 58.6 Å². The fourth-order valence-electron chi connectivity index (χ4n) is 3.71. The Morgan fingerprint density at radius 1 is 1.14 bits per heavy atom. The predicted octanol–water partition coefficient (Wildman–Crippen LogP) is 4.81. The van der Waals surface area contributed by atoms with Crippen molar-refractivity contribution in [1.29, 1.82) is 0 Å². The average molecular weight is 380 g/mol. The van der Waals surface area contributed by atoms with E-state index in [1.54, 1.807) is 7.11 Å². The number of ether oxygens (including phenoxy) is 1. The van der Waals surface area contributed by atoms with E-state index < -0.39 is 0 Å². The Kier molecular flexibility index (Phi) is 5.73. The van der Waals surface area contributed by atoms with Crippen LogP contribution in [0.2, 0.25) is 0 Å². The summed E-state index contributed by atoms with van der Waals surface area (Å²) in [5.41, 5.74) is 5.14. The monoisotopic (exact) mass is 380 g/mol. The molecule has 1 heterocycles. The lowest BCUT2D eigenvalue weighted by atomic mass is 9.96. The van der Waals surface area contributed by atoms with Crippen molar-refractivity contribution in [2.24, 2.45) is 0 Å². The second-order valence-electron chi connectivity index (χ2n) is 7.67. The van der Waals surface area contributed by atoms with Crippen molar-refractivity contribution in [3.8, 4) is 5.75 Å². The molecule has 148 valence electrons. The van der Waals surface area contributed by atoms with Crippen molar-refractivity contribution in [2.75, 3.05) is 23.9 Å². The minimum absolute atomic E-state index is 0.147. The first-order valence-corrected chi connectivity index (χ1v) is 9.72. The van der Waals surface area contributed by atoms with Gasteiger partial charge in [-0.05, 0) is 73.2 Å². The number of amides is 2. The lowest BCUT2D eigenvalue weighted by molar-refractivity contribution is -0.117. The second-order valence-corrected chi connectivity index (χ2v) is 7.67. The number of nitrogens with one attached hydrogen (secondary N) is 1. The van der Waals surface area contributed by atoms with Crippen LogP contribution in [0.15, 0.2) is 30.3 Å². The van der Waals surface area contributed by atoms with E-state index in [2.05, 4.69) is 19.2 Å². The lowest BCUT2D eigenvalue weighted by Crippen LogP contribution is -2.24. The van der Waals surface area contributed by atoms with E-state index in [9.17, 15) is 9.59 Å². The predicted molar refractivity (Wildman–Crippen MR) is 113 cm³/mol. The van der Waals surface area contributed by atoms with Crippen molar-refractivity contribution in [1.82, 2.24) is 0 Å². The molecule has 0 atom stereocenters. The first kappa shape index (κ1) is 19.9. The van der Waals surface area contributed by atoms with Gasteiger partial charge < -0.3 is 15.0 Å². The Labute approximate surface area is 166 Å². The van der Waals surface area contributed by atoms with Gasteiger partial charge in [0.25, 0.3) is 5.91 Å². The van der Waals surface area contributed by atoms with Gasteiger partial charge in [-0.2, -0.15) is 0 Å². The van der Waals surface area contributed by atoms with E-state index in [-0.39, 0.29) is 17.7 Å². The van der Waals surface area contributed by atoms with Crippen LogP contribution < -0.4 is 15.0 Å².